The summed E-state index contributed by atoms with van der Waals surface area (Å²) in [5, 5.41) is 1.10. The normalized spacial score (nSPS) is 26.5. The second-order valence-corrected chi connectivity index (χ2v) is 5.71. The maximum atomic E-state index is 12.6. The highest BCUT2D eigenvalue weighted by Gasteiger charge is 2.43. The van der Waals surface area contributed by atoms with Gasteiger partial charge in [-0.15, -0.1) is 0 Å². The fourth-order valence-electron chi connectivity index (χ4n) is 3.46. The first-order valence-corrected chi connectivity index (χ1v) is 6.81. The minimum Gasteiger partial charge on any atom is -0.351 e. The van der Waals surface area contributed by atoms with E-state index in [-0.39, 0.29) is 5.91 Å². The van der Waals surface area contributed by atoms with Gasteiger partial charge < -0.3 is 9.88 Å². The maximum Gasteiger partial charge on any atom is 0.270 e. The summed E-state index contributed by atoms with van der Waals surface area (Å²) in [6.07, 6.45) is 1.13. The number of carbonyl (C=O) groups excluding carboxylic acids is 1. The van der Waals surface area contributed by atoms with Crippen LogP contribution in [0.3, 0.4) is 0 Å². The molecule has 1 aromatic carbocycles. The molecule has 4 nitrogen and oxygen atoms in total. The van der Waals surface area contributed by atoms with Gasteiger partial charge in [-0.3, -0.25) is 9.69 Å². The number of nitrogens with one attached hydrogen (secondary N) is 1. The van der Waals surface area contributed by atoms with Crippen LogP contribution < -0.4 is 0 Å². The largest absolute Gasteiger partial charge is 0.351 e. The van der Waals surface area contributed by atoms with Crippen molar-refractivity contribution in [2.75, 3.05) is 20.1 Å². The SMILES string of the molecule is CN1C[C@@H]2C[C@@H]1CN2C(=O)c1cc2ccccc2[nH]1. The molecule has 0 spiro atoms. The number of amides is 1. The van der Waals surface area contributed by atoms with Gasteiger partial charge in [-0.05, 0) is 25.6 Å². The number of para-hydroxylation sites is 1. The fraction of sp³-hybridized carbons (Fsp3) is 0.400. The van der Waals surface area contributed by atoms with Crippen LogP contribution in [0.15, 0.2) is 30.3 Å². The molecule has 1 aromatic heterocycles. The van der Waals surface area contributed by atoms with Gasteiger partial charge in [0.05, 0.1) is 0 Å². The van der Waals surface area contributed by atoms with Gasteiger partial charge in [0.2, 0.25) is 0 Å². The Balaban J connectivity index is 1.64. The highest BCUT2D eigenvalue weighted by molar-refractivity contribution is 5.98. The summed E-state index contributed by atoms with van der Waals surface area (Å²) in [7, 11) is 2.15. The minimum absolute atomic E-state index is 0.150. The molecule has 1 amide bonds. The van der Waals surface area contributed by atoms with Crippen LogP contribution in [-0.4, -0.2) is 52.9 Å². The number of hydrogen-bond donors (Lipinski definition) is 1. The number of piperazine rings is 1. The summed E-state index contributed by atoms with van der Waals surface area (Å²) in [4.78, 5) is 20.2. The zero-order valence-corrected chi connectivity index (χ0v) is 11.0. The second kappa shape index (κ2) is 3.84. The standard InChI is InChI=1S/C15H17N3O/c1-17-8-12-7-11(17)9-18(12)15(19)14-6-10-4-2-3-5-13(10)16-14/h2-6,11-12,16H,7-9H2,1H3/t11-,12+/m1/s1. The van der Waals surface area contributed by atoms with Gasteiger partial charge in [-0.1, -0.05) is 18.2 Å². The number of likely N-dealkylation sites (tertiary alicyclic amines) is 2. The molecule has 2 aliphatic heterocycles. The lowest BCUT2D eigenvalue weighted by molar-refractivity contribution is 0.0645. The van der Waals surface area contributed by atoms with Crippen molar-refractivity contribution in [3.05, 3.63) is 36.0 Å². The predicted molar refractivity (Wildman–Crippen MR) is 74.2 cm³/mol. The third-order valence-electron chi connectivity index (χ3n) is 4.54. The number of aromatic amines is 1. The van der Waals surface area contributed by atoms with E-state index in [2.05, 4.69) is 16.9 Å². The van der Waals surface area contributed by atoms with E-state index in [1.54, 1.807) is 0 Å². The molecule has 0 saturated carbocycles. The van der Waals surface area contributed by atoms with Crippen molar-refractivity contribution in [3.8, 4) is 0 Å². The zero-order chi connectivity index (χ0) is 13.0. The molecule has 2 bridgehead atoms. The van der Waals surface area contributed by atoms with Gasteiger partial charge in [-0.2, -0.15) is 0 Å². The predicted octanol–water partition coefficient (Wildman–Crippen LogP) is 1.70. The number of H-pyrrole nitrogens is 1. The first-order chi connectivity index (χ1) is 9.22. The number of carbonyl (C=O) groups is 1. The summed E-state index contributed by atoms with van der Waals surface area (Å²) in [5.74, 6) is 0.150. The van der Waals surface area contributed by atoms with Crippen LogP contribution in [0.5, 0.6) is 0 Å². The van der Waals surface area contributed by atoms with Crippen molar-refractivity contribution in [2.24, 2.45) is 0 Å². The van der Waals surface area contributed by atoms with Crippen LogP contribution in [0.2, 0.25) is 0 Å². The van der Waals surface area contributed by atoms with Crippen molar-refractivity contribution >= 4 is 16.8 Å². The highest BCUT2D eigenvalue weighted by Crippen LogP contribution is 2.30. The van der Waals surface area contributed by atoms with Gasteiger partial charge in [-0.25, -0.2) is 0 Å². The number of likely N-dealkylation sites (N-methyl/N-ethyl adjacent to an activating group) is 1. The zero-order valence-electron chi connectivity index (χ0n) is 11.0. The van der Waals surface area contributed by atoms with Gasteiger partial charge >= 0.3 is 0 Å². The van der Waals surface area contributed by atoms with E-state index in [4.69, 9.17) is 0 Å². The van der Waals surface area contributed by atoms with Crippen LogP contribution in [0, 0.1) is 0 Å². The van der Waals surface area contributed by atoms with E-state index in [1.165, 1.54) is 0 Å². The van der Waals surface area contributed by atoms with Crippen molar-refractivity contribution in [1.29, 1.82) is 0 Å². The summed E-state index contributed by atoms with van der Waals surface area (Å²) >= 11 is 0. The van der Waals surface area contributed by atoms with Crippen molar-refractivity contribution in [3.63, 3.8) is 0 Å². The Kier molecular flexibility index (Phi) is 2.23. The Morgan fingerprint density at radius 2 is 2.11 bits per heavy atom. The summed E-state index contributed by atoms with van der Waals surface area (Å²) < 4.78 is 0. The van der Waals surface area contributed by atoms with Crippen LogP contribution >= 0.6 is 0 Å². The quantitative estimate of drug-likeness (QED) is 0.842. The Hall–Kier alpha value is -1.81. The maximum absolute atomic E-state index is 12.6. The first-order valence-electron chi connectivity index (χ1n) is 6.81. The second-order valence-electron chi connectivity index (χ2n) is 5.71. The van der Waals surface area contributed by atoms with Gasteiger partial charge in [0.15, 0.2) is 0 Å². The van der Waals surface area contributed by atoms with Crippen LogP contribution in [0.1, 0.15) is 16.9 Å². The lowest BCUT2D eigenvalue weighted by Gasteiger charge is -2.31. The number of nitrogens with zero attached hydrogens (tertiary/aromatic N) is 2. The van der Waals surface area contributed by atoms with E-state index in [0.29, 0.717) is 12.1 Å². The van der Waals surface area contributed by atoms with Gasteiger partial charge in [0, 0.05) is 36.1 Å². The molecule has 1 N–H and O–H groups in total. The molecule has 0 aliphatic carbocycles. The number of fused-ring (bicyclic) bond motifs is 3. The molecule has 2 fully saturated rings. The van der Waals surface area contributed by atoms with Crippen molar-refractivity contribution < 1.29 is 4.79 Å². The lowest BCUT2D eigenvalue weighted by Crippen LogP contribution is -2.47. The van der Waals surface area contributed by atoms with Crippen LogP contribution in [0.25, 0.3) is 10.9 Å². The van der Waals surface area contributed by atoms with Crippen LogP contribution in [-0.2, 0) is 0 Å². The third-order valence-corrected chi connectivity index (χ3v) is 4.54. The number of hydrogen-bond acceptors (Lipinski definition) is 2. The van der Waals surface area contributed by atoms with Gasteiger partial charge in [0.25, 0.3) is 5.91 Å². The van der Waals surface area contributed by atoms with Crippen LogP contribution in [0.4, 0.5) is 0 Å². The fourth-order valence-corrected chi connectivity index (χ4v) is 3.46. The lowest BCUT2D eigenvalue weighted by atomic mass is 10.2. The summed E-state index contributed by atoms with van der Waals surface area (Å²) in [6, 6.07) is 10.9. The molecule has 3 heterocycles. The minimum atomic E-state index is 0.150. The molecule has 2 aromatic rings. The molecule has 4 heteroatoms. The van der Waals surface area contributed by atoms with E-state index >= 15 is 0 Å². The number of rotatable bonds is 1. The number of benzene rings is 1. The molecule has 98 valence electrons. The highest BCUT2D eigenvalue weighted by atomic mass is 16.2. The smallest absolute Gasteiger partial charge is 0.270 e. The van der Waals surface area contributed by atoms with E-state index in [1.807, 2.05) is 35.2 Å². The van der Waals surface area contributed by atoms with Crippen molar-refractivity contribution in [1.82, 2.24) is 14.8 Å². The molecule has 2 saturated heterocycles. The Bertz CT molecular complexity index is 613. The molecular weight excluding hydrogens is 238 g/mol. The first kappa shape index (κ1) is 11.1. The number of aromatic nitrogens is 1. The molecule has 2 aliphatic rings. The molecule has 19 heavy (non-hydrogen) atoms. The van der Waals surface area contributed by atoms with E-state index in [9.17, 15) is 4.79 Å². The monoisotopic (exact) mass is 255 g/mol. The third kappa shape index (κ3) is 1.60. The molecule has 0 radical (unpaired) electrons. The average molecular weight is 255 g/mol. The van der Waals surface area contributed by atoms with E-state index < -0.39 is 0 Å². The average Bonchev–Trinajstić information content (AvgIpc) is 3.09. The van der Waals surface area contributed by atoms with Gasteiger partial charge in [0.1, 0.15) is 5.69 Å². The molecule has 2 atom stereocenters. The molecule has 4 rings (SSSR count). The molecule has 0 unspecified atom stereocenters. The van der Waals surface area contributed by atoms with Crippen molar-refractivity contribution in [2.45, 2.75) is 18.5 Å². The summed E-state index contributed by atoms with van der Waals surface area (Å²) in [5.41, 5.74) is 1.75. The summed E-state index contributed by atoms with van der Waals surface area (Å²) in [6.45, 7) is 1.88. The Morgan fingerprint density at radius 1 is 1.26 bits per heavy atom. The Labute approximate surface area is 112 Å². The molecular formula is C15H17N3O. The van der Waals surface area contributed by atoms with E-state index in [0.717, 1.165) is 36.1 Å². The Morgan fingerprint density at radius 3 is 2.79 bits per heavy atom. The topological polar surface area (TPSA) is 39.3 Å².